The molecule has 13 heteroatoms. The highest BCUT2D eigenvalue weighted by atomic mass is 32.2. The molecular weight excluding hydrogens is 460 g/mol. The standard InChI is InChI=1S/C20H26N2O10S/c1-20(2)11-31-18(28)19(29)32-16(20)17(27)22-7-6-13(24)21-8-9-33-15(26)10-12(23)4-5-14(25)30-3/h4-5,16H,6-11H2,1-3H3,(H,21,24)(H,22,27)/b5-4+/t16-/m0/s1. The van der Waals surface area contributed by atoms with Gasteiger partial charge in [-0.15, -0.1) is 0 Å². The summed E-state index contributed by atoms with van der Waals surface area (Å²) in [6.07, 6.45) is 0.164. The number of thioether (sulfide) groups is 1. The van der Waals surface area contributed by atoms with E-state index in [0.29, 0.717) is 0 Å². The zero-order chi connectivity index (χ0) is 25.0. The topological polar surface area (TPSA) is 171 Å². The van der Waals surface area contributed by atoms with E-state index < -0.39 is 58.6 Å². The number of methoxy groups -OCH3 is 1. The molecule has 182 valence electrons. The van der Waals surface area contributed by atoms with Crippen molar-refractivity contribution >= 4 is 52.4 Å². The Hall–Kier alpha value is -3.22. The van der Waals surface area contributed by atoms with E-state index in [2.05, 4.69) is 15.4 Å². The maximum atomic E-state index is 12.3. The van der Waals surface area contributed by atoms with Crippen LogP contribution in [-0.2, 0) is 47.8 Å². The first-order chi connectivity index (χ1) is 15.5. The van der Waals surface area contributed by atoms with Crippen molar-refractivity contribution in [2.75, 3.05) is 32.6 Å². The Bertz CT molecular complexity index is 837. The van der Waals surface area contributed by atoms with Gasteiger partial charge in [0.1, 0.15) is 6.61 Å². The molecule has 1 fully saturated rings. The second-order valence-electron chi connectivity index (χ2n) is 7.46. The lowest BCUT2D eigenvalue weighted by atomic mass is 9.87. The molecule has 0 aliphatic carbocycles. The minimum absolute atomic E-state index is 0.0449. The van der Waals surface area contributed by atoms with E-state index in [1.165, 1.54) is 0 Å². The average Bonchev–Trinajstić information content (AvgIpc) is 2.86. The molecule has 1 heterocycles. The van der Waals surface area contributed by atoms with Crippen LogP contribution >= 0.6 is 11.8 Å². The van der Waals surface area contributed by atoms with Crippen LogP contribution in [0.25, 0.3) is 0 Å². The molecule has 12 nitrogen and oxygen atoms in total. The van der Waals surface area contributed by atoms with Gasteiger partial charge in [0.05, 0.1) is 13.5 Å². The third-order valence-corrected chi connectivity index (χ3v) is 5.05. The molecule has 1 aliphatic rings. The fourth-order valence-electron chi connectivity index (χ4n) is 2.43. The molecular formula is C20H26N2O10S. The highest BCUT2D eigenvalue weighted by Gasteiger charge is 2.44. The number of nitrogens with one attached hydrogen (secondary N) is 2. The number of carbonyl (C=O) groups is 7. The smallest absolute Gasteiger partial charge is 0.418 e. The summed E-state index contributed by atoms with van der Waals surface area (Å²) in [6.45, 7) is 3.12. The summed E-state index contributed by atoms with van der Waals surface area (Å²) in [5.41, 5.74) is -0.950. The molecule has 1 atom stereocenters. The number of allylic oxidation sites excluding steroid dienone is 1. The largest absolute Gasteiger partial charge is 0.466 e. The SMILES string of the molecule is COC(=O)/C=C/C(=O)CC(=O)SCCNC(=O)CCNC(=O)[C@@H]1OC(=O)C(=O)OCC1(C)C. The van der Waals surface area contributed by atoms with Crippen LogP contribution in [0.5, 0.6) is 0 Å². The molecule has 0 radical (unpaired) electrons. The number of rotatable bonds is 11. The highest BCUT2D eigenvalue weighted by Crippen LogP contribution is 2.27. The van der Waals surface area contributed by atoms with E-state index in [1.807, 2.05) is 0 Å². The fourth-order valence-corrected chi connectivity index (χ4v) is 3.10. The van der Waals surface area contributed by atoms with Crippen LogP contribution in [0.15, 0.2) is 12.2 Å². The molecule has 2 N–H and O–H groups in total. The number of amides is 2. The van der Waals surface area contributed by atoms with Gasteiger partial charge in [-0.2, -0.15) is 0 Å². The van der Waals surface area contributed by atoms with Crippen molar-refractivity contribution < 1.29 is 47.8 Å². The molecule has 0 unspecified atom stereocenters. The van der Waals surface area contributed by atoms with Crippen LogP contribution in [0, 0.1) is 5.41 Å². The van der Waals surface area contributed by atoms with E-state index in [4.69, 9.17) is 9.47 Å². The number of esters is 3. The van der Waals surface area contributed by atoms with Gasteiger partial charge in [0.2, 0.25) is 5.91 Å². The first-order valence-corrected chi connectivity index (χ1v) is 10.8. The van der Waals surface area contributed by atoms with Crippen molar-refractivity contribution in [2.24, 2.45) is 5.41 Å². The van der Waals surface area contributed by atoms with Gasteiger partial charge in [0.25, 0.3) is 5.91 Å². The Morgan fingerprint density at radius 2 is 1.79 bits per heavy atom. The van der Waals surface area contributed by atoms with Crippen molar-refractivity contribution in [1.82, 2.24) is 10.6 Å². The predicted octanol–water partition coefficient (Wildman–Crippen LogP) is -0.948. The van der Waals surface area contributed by atoms with E-state index in [-0.39, 0.29) is 31.9 Å². The Morgan fingerprint density at radius 1 is 1.09 bits per heavy atom. The third-order valence-electron chi connectivity index (χ3n) is 4.18. The quantitative estimate of drug-likeness (QED) is 0.0921. The second kappa shape index (κ2) is 13.4. The van der Waals surface area contributed by atoms with Crippen LogP contribution < -0.4 is 10.6 Å². The normalized spacial score (nSPS) is 17.4. The van der Waals surface area contributed by atoms with Crippen molar-refractivity contribution in [3.8, 4) is 0 Å². The van der Waals surface area contributed by atoms with Crippen molar-refractivity contribution in [1.29, 1.82) is 0 Å². The molecule has 0 aromatic rings. The summed E-state index contributed by atoms with van der Waals surface area (Å²) in [5.74, 6) is -4.50. The van der Waals surface area contributed by atoms with E-state index in [0.717, 1.165) is 31.0 Å². The third kappa shape index (κ3) is 10.3. The Balaban J connectivity index is 2.27. The van der Waals surface area contributed by atoms with Gasteiger partial charge in [-0.25, -0.2) is 14.4 Å². The molecule has 0 bridgehead atoms. The predicted molar refractivity (Wildman–Crippen MR) is 114 cm³/mol. The lowest BCUT2D eigenvalue weighted by Gasteiger charge is -2.28. The second-order valence-corrected chi connectivity index (χ2v) is 8.61. The van der Waals surface area contributed by atoms with Gasteiger partial charge in [0, 0.05) is 36.8 Å². The van der Waals surface area contributed by atoms with Crippen LogP contribution in [0.4, 0.5) is 0 Å². The number of cyclic esters (lactones) is 2. The summed E-state index contributed by atoms with van der Waals surface area (Å²) in [5, 5.41) is 4.62. The van der Waals surface area contributed by atoms with E-state index in [1.54, 1.807) is 13.8 Å². The minimum atomic E-state index is -1.26. The van der Waals surface area contributed by atoms with Gasteiger partial charge in [-0.05, 0) is 6.08 Å². The molecule has 0 aromatic heterocycles. The lowest BCUT2D eigenvalue weighted by molar-refractivity contribution is -0.168. The molecule has 2 amide bonds. The number of hydrogen-bond acceptors (Lipinski definition) is 11. The zero-order valence-corrected chi connectivity index (χ0v) is 19.3. The van der Waals surface area contributed by atoms with Gasteiger partial charge in [-0.3, -0.25) is 19.2 Å². The first-order valence-electron chi connectivity index (χ1n) is 9.83. The van der Waals surface area contributed by atoms with Crippen molar-refractivity contribution in [3.05, 3.63) is 12.2 Å². The van der Waals surface area contributed by atoms with Gasteiger partial charge < -0.3 is 24.8 Å². The van der Waals surface area contributed by atoms with E-state index >= 15 is 0 Å². The molecule has 1 rings (SSSR count). The summed E-state index contributed by atoms with van der Waals surface area (Å²) >= 11 is 0.854. The molecule has 0 spiro atoms. The number of hydrogen-bond donors (Lipinski definition) is 2. The maximum Gasteiger partial charge on any atom is 0.418 e. The zero-order valence-electron chi connectivity index (χ0n) is 18.5. The number of ether oxygens (including phenoxy) is 3. The van der Waals surface area contributed by atoms with Gasteiger partial charge in [-0.1, -0.05) is 25.6 Å². The highest BCUT2D eigenvalue weighted by molar-refractivity contribution is 8.13. The molecule has 0 saturated carbocycles. The van der Waals surface area contributed by atoms with E-state index in [9.17, 15) is 33.6 Å². The first kappa shape index (κ1) is 27.8. The summed E-state index contributed by atoms with van der Waals surface area (Å²) in [4.78, 5) is 81.1. The van der Waals surface area contributed by atoms with Crippen LogP contribution in [-0.4, -0.2) is 79.3 Å². The van der Waals surface area contributed by atoms with Crippen molar-refractivity contribution in [2.45, 2.75) is 32.8 Å². The summed E-state index contributed by atoms with van der Waals surface area (Å²) in [6, 6.07) is 0. The number of ketones is 1. The summed E-state index contributed by atoms with van der Waals surface area (Å²) < 4.78 is 14.0. The van der Waals surface area contributed by atoms with Crippen LogP contribution in [0.3, 0.4) is 0 Å². The van der Waals surface area contributed by atoms with Crippen molar-refractivity contribution in [3.63, 3.8) is 0 Å². The average molecular weight is 486 g/mol. The Morgan fingerprint density at radius 3 is 2.45 bits per heavy atom. The molecule has 1 saturated heterocycles. The fraction of sp³-hybridized carbons (Fsp3) is 0.550. The van der Waals surface area contributed by atoms with Crippen LogP contribution in [0.1, 0.15) is 26.7 Å². The monoisotopic (exact) mass is 486 g/mol. The van der Waals surface area contributed by atoms with Gasteiger partial charge >= 0.3 is 17.9 Å². The minimum Gasteiger partial charge on any atom is -0.466 e. The lowest BCUT2D eigenvalue weighted by Crippen LogP contribution is -2.47. The summed E-state index contributed by atoms with van der Waals surface area (Å²) in [7, 11) is 1.16. The number of carbonyl (C=O) groups excluding carboxylic acids is 7. The van der Waals surface area contributed by atoms with Crippen LogP contribution in [0.2, 0.25) is 0 Å². The molecule has 33 heavy (non-hydrogen) atoms. The molecule has 1 aliphatic heterocycles. The molecule has 0 aromatic carbocycles. The Kier molecular flexibility index (Phi) is 11.3. The maximum absolute atomic E-state index is 12.3. The van der Waals surface area contributed by atoms with Gasteiger partial charge in [0.15, 0.2) is 17.0 Å². The Labute approximate surface area is 194 Å².